The van der Waals surface area contributed by atoms with Crippen molar-refractivity contribution in [2.75, 3.05) is 52.5 Å². The minimum Gasteiger partial charge on any atom is -0.378 e. The van der Waals surface area contributed by atoms with Crippen LogP contribution in [0.4, 0.5) is 0 Å². The van der Waals surface area contributed by atoms with Crippen molar-refractivity contribution in [2.45, 2.75) is 25.8 Å². The summed E-state index contributed by atoms with van der Waals surface area (Å²) < 4.78 is 5.29. The van der Waals surface area contributed by atoms with Gasteiger partial charge in [-0.2, -0.15) is 0 Å². The maximum absolute atomic E-state index is 12.5. The van der Waals surface area contributed by atoms with E-state index in [4.69, 9.17) is 4.74 Å². The van der Waals surface area contributed by atoms with Crippen LogP contribution in [-0.4, -0.2) is 85.0 Å². The van der Waals surface area contributed by atoms with Crippen molar-refractivity contribution in [1.82, 2.24) is 14.7 Å². The summed E-state index contributed by atoms with van der Waals surface area (Å²) in [6, 6.07) is -0.122. The number of hydrogen-bond acceptors (Lipinski definition) is 4. The molecule has 0 aromatic carbocycles. The Kier molecular flexibility index (Phi) is 6.39. The smallest absolute Gasteiger partial charge is 0.239 e. The van der Waals surface area contributed by atoms with E-state index in [-0.39, 0.29) is 17.9 Å². The van der Waals surface area contributed by atoms with Gasteiger partial charge in [-0.15, -0.1) is 6.58 Å². The SMILES string of the molecule is C=CCCC(=O)N1CCN(C(C)C(=O)N2CCOCC2)CC1. The predicted octanol–water partition coefficient (Wildman–Crippen LogP) is 0.344. The lowest BCUT2D eigenvalue weighted by molar-refractivity contribution is -0.142. The Balaban J connectivity index is 1.78. The molecule has 0 aromatic heterocycles. The van der Waals surface area contributed by atoms with Crippen LogP contribution >= 0.6 is 0 Å². The highest BCUT2D eigenvalue weighted by Crippen LogP contribution is 2.11. The number of piperazine rings is 1. The third-order valence-corrected chi connectivity index (χ3v) is 4.46. The molecule has 6 nitrogen and oxygen atoms in total. The van der Waals surface area contributed by atoms with Gasteiger partial charge in [-0.05, 0) is 13.3 Å². The van der Waals surface area contributed by atoms with Crippen LogP contribution in [0.3, 0.4) is 0 Å². The third-order valence-electron chi connectivity index (χ3n) is 4.46. The number of allylic oxidation sites excluding steroid dienone is 1. The fourth-order valence-corrected chi connectivity index (χ4v) is 2.95. The third kappa shape index (κ3) is 4.30. The Morgan fingerprint density at radius 1 is 1.09 bits per heavy atom. The van der Waals surface area contributed by atoms with Crippen molar-refractivity contribution in [3.05, 3.63) is 12.7 Å². The molecule has 2 aliphatic heterocycles. The first-order chi connectivity index (χ1) is 10.6. The second-order valence-corrected chi connectivity index (χ2v) is 5.86. The van der Waals surface area contributed by atoms with Gasteiger partial charge in [-0.1, -0.05) is 6.08 Å². The molecule has 1 atom stereocenters. The molecule has 0 bridgehead atoms. The normalized spacial score (nSPS) is 21.5. The number of hydrogen-bond donors (Lipinski definition) is 0. The quantitative estimate of drug-likeness (QED) is 0.688. The minimum atomic E-state index is -0.122. The van der Waals surface area contributed by atoms with Crippen LogP contribution < -0.4 is 0 Å². The van der Waals surface area contributed by atoms with Gasteiger partial charge in [-0.25, -0.2) is 0 Å². The molecule has 2 fully saturated rings. The maximum Gasteiger partial charge on any atom is 0.239 e. The summed E-state index contributed by atoms with van der Waals surface area (Å²) in [5.41, 5.74) is 0. The first-order valence-electron chi connectivity index (χ1n) is 8.12. The predicted molar refractivity (Wildman–Crippen MR) is 84.4 cm³/mol. The van der Waals surface area contributed by atoms with Crippen molar-refractivity contribution in [3.63, 3.8) is 0 Å². The zero-order valence-electron chi connectivity index (χ0n) is 13.5. The van der Waals surface area contributed by atoms with Crippen molar-refractivity contribution >= 4 is 11.8 Å². The van der Waals surface area contributed by atoms with E-state index in [2.05, 4.69) is 11.5 Å². The zero-order valence-corrected chi connectivity index (χ0v) is 13.5. The summed E-state index contributed by atoms with van der Waals surface area (Å²) in [6.45, 7) is 11.2. The molecule has 0 saturated carbocycles. The Labute approximate surface area is 132 Å². The molecule has 2 heterocycles. The molecule has 1 unspecified atom stereocenters. The molecule has 2 rings (SSSR count). The van der Waals surface area contributed by atoms with E-state index >= 15 is 0 Å². The molecular weight excluding hydrogens is 282 g/mol. The average molecular weight is 309 g/mol. The molecule has 0 N–H and O–H groups in total. The van der Waals surface area contributed by atoms with Gasteiger partial charge in [0.25, 0.3) is 0 Å². The molecule has 0 aliphatic carbocycles. The summed E-state index contributed by atoms with van der Waals surface area (Å²) in [4.78, 5) is 30.4. The van der Waals surface area contributed by atoms with E-state index in [0.717, 1.165) is 19.5 Å². The fourth-order valence-electron chi connectivity index (χ4n) is 2.95. The lowest BCUT2D eigenvalue weighted by atomic mass is 10.2. The van der Waals surface area contributed by atoms with E-state index < -0.39 is 0 Å². The van der Waals surface area contributed by atoms with Gasteiger partial charge < -0.3 is 14.5 Å². The van der Waals surface area contributed by atoms with E-state index in [1.165, 1.54) is 0 Å². The second kappa shape index (κ2) is 8.29. The molecule has 6 heteroatoms. The zero-order chi connectivity index (χ0) is 15.9. The Morgan fingerprint density at radius 3 is 2.32 bits per heavy atom. The fraction of sp³-hybridized carbons (Fsp3) is 0.750. The highest BCUT2D eigenvalue weighted by atomic mass is 16.5. The lowest BCUT2D eigenvalue weighted by Crippen LogP contribution is -2.56. The van der Waals surface area contributed by atoms with Gasteiger partial charge in [0.05, 0.1) is 19.3 Å². The number of carbonyl (C=O) groups excluding carboxylic acids is 2. The number of nitrogens with zero attached hydrogens (tertiary/aromatic N) is 3. The molecule has 0 aromatic rings. The molecule has 22 heavy (non-hydrogen) atoms. The number of carbonyl (C=O) groups is 2. The Hall–Kier alpha value is -1.40. The molecule has 2 saturated heterocycles. The Bertz CT molecular complexity index is 399. The van der Waals surface area contributed by atoms with E-state index in [1.807, 2.05) is 16.7 Å². The van der Waals surface area contributed by atoms with Crippen LogP contribution in [0.1, 0.15) is 19.8 Å². The number of morpholine rings is 1. The van der Waals surface area contributed by atoms with E-state index in [1.54, 1.807) is 6.08 Å². The highest BCUT2D eigenvalue weighted by Gasteiger charge is 2.30. The highest BCUT2D eigenvalue weighted by molar-refractivity contribution is 5.81. The average Bonchev–Trinajstić information content (AvgIpc) is 2.59. The van der Waals surface area contributed by atoms with Crippen molar-refractivity contribution in [2.24, 2.45) is 0 Å². The van der Waals surface area contributed by atoms with E-state index in [9.17, 15) is 9.59 Å². The first kappa shape index (κ1) is 17.0. The van der Waals surface area contributed by atoms with Gasteiger partial charge in [-0.3, -0.25) is 14.5 Å². The molecule has 0 radical (unpaired) electrons. The molecule has 2 amide bonds. The van der Waals surface area contributed by atoms with Crippen molar-refractivity contribution in [3.8, 4) is 0 Å². The van der Waals surface area contributed by atoms with Crippen LogP contribution in [0, 0.1) is 0 Å². The van der Waals surface area contributed by atoms with Gasteiger partial charge in [0.2, 0.25) is 11.8 Å². The second-order valence-electron chi connectivity index (χ2n) is 5.86. The summed E-state index contributed by atoms with van der Waals surface area (Å²) in [5, 5.41) is 0. The largest absolute Gasteiger partial charge is 0.378 e. The first-order valence-corrected chi connectivity index (χ1v) is 8.12. The lowest BCUT2D eigenvalue weighted by Gasteiger charge is -2.39. The number of amides is 2. The topological polar surface area (TPSA) is 53.1 Å². The summed E-state index contributed by atoms with van der Waals surface area (Å²) in [6.07, 6.45) is 3.04. The van der Waals surface area contributed by atoms with Gasteiger partial charge in [0.1, 0.15) is 0 Å². The van der Waals surface area contributed by atoms with Crippen LogP contribution in [0.5, 0.6) is 0 Å². The van der Waals surface area contributed by atoms with Gasteiger partial charge >= 0.3 is 0 Å². The molecule has 124 valence electrons. The van der Waals surface area contributed by atoms with Crippen molar-refractivity contribution < 1.29 is 14.3 Å². The Morgan fingerprint density at radius 2 is 1.73 bits per heavy atom. The number of ether oxygens (including phenoxy) is 1. The molecule has 2 aliphatic rings. The van der Waals surface area contributed by atoms with Gasteiger partial charge in [0, 0.05) is 45.7 Å². The van der Waals surface area contributed by atoms with Crippen LogP contribution in [0.25, 0.3) is 0 Å². The van der Waals surface area contributed by atoms with E-state index in [0.29, 0.717) is 45.8 Å². The maximum atomic E-state index is 12.5. The summed E-state index contributed by atoms with van der Waals surface area (Å²) >= 11 is 0. The van der Waals surface area contributed by atoms with Crippen LogP contribution in [-0.2, 0) is 14.3 Å². The molecule has 0 spiro atoms. The summed E-state index contributed by atoms with van der Waals surface area (Å²) in [5.74, 6) is 0.362. The number of rotatable bonds is 5. The summed E-state index contributed by atoms with van der Waals surface area (Å²) in [7, 11) is 0. The molecular formula is C16H27N3O3. The van der Waals surface area contributed by atoms with Crippen LogP contribution in [0.2, 0.25) is 0 Å². The minimum absolute atomic E-state index is 0.122. The van der Waals surface area contributed by atoms with Crippen LogP contribution in [0.15, 0.2) is 12.7 Å². The van der Waals surface area contributed by atoms with Gasteiger partial charge in [0.15, 0.2) is 0 Å². The standard InChI is InChI=1S/C16H27N3O3/c1-3-4-5-15(20)18-8-6-17(7-9-18)14(2)16(21)19-10-12-22-13-11-19/h3,14H,1,4-13H2,2H3. The van der Waals surface area contributed by atoms with Crippen molar-refractivity contribution in [1.29, 1.82) is 0 Å². The monoisotopic (exact) mass is 309 g/mol.